The van der Waals surface area contributed by atoms with Gasteiger partial charge in [0.05, 0.1) is 19.4 Å². The molecule has 9 heteroatoms. The zero-order valence-corrected chi connectivity index (χ0v) is 21.5. The second kappa shape index (κ2) is 11.1. The maximum absolute atomic E-state index is 15.5. The zero-order chi connectivity index (χ0) is 26.6. The lowest BCUT2D eigenvalue weighted by Gasteiger charge is -2.24. The molecule has 194 valence electrons. The number of aromatic nitrogens is 2. The summed E-state index contributed by atoms with van der Waals surface area (Å²) < 4.78 is 20.6. The maximum atomic E-state index is 15.5. The van der Waals surface area contributed by atoms with Crippen LogP contribution in [0.3, 0.4) is 0 Å². The van der Waals surface area contributed by atoms with Crippen LogP contribution in [0.5, 0.6) is 5.88 Å². The number of hydrogen-bond donors (Lipinski definition) is 1. The van der Waals surface area contributed by atoms with E-state index in [2.05, 4.69) is 9.97 Å². The SMILES string of the molecule is COc1ccc(-c2ccccc2-c2nc(N(C(=O)[C@@H](CC(=O)O)Cc3ccccc3)C3CC3)sc2F)cn1. The first-order valence-electron chi connectivity index (χ1n) is 12.3. The van der Waals surface area contributed by atoms with Gasteiger partial charge in [-0.05, 0) is 36.5 Å². The van der Waals surface area contributed by atoms with Crippen LogP contribution in [0.4, 0.5) is 9.52 Å². The molecular weight excluding hydrogens is 505 g/mol. The summed E-state index contributed by atoms with van der Waals surface area (Å²) in [7, 11) is 1.54. The molecule has 2 aromatic carbocycles. The van der Waals surface area contributed by atoms with E-state index in [1.54, 1.807) is 24.4 Å². The summed E-state index contributed by atoms with van der Waals surface area (Å²) in [5, 5.41) is 9.27. The van der Waals surface area contributed by atoms with Gasteiger partial charge in [0.1, 0.15) is 5.69 Å². The number of anilines is 1. The summed E-state index contributed by atoms with van der Waals surface area (Å²) in [5.74, 6) is -1.71. The van der Waals surface area contributed by atoms with Crippen LogP contribution in [0, 0.1) is 11.0 Å². The number of carboxylic acids is 1. The number of carbonyl (C=O) groups excluding carboxylic acids is 1. The number of aliphatic carboxylic acids is 1. The predicted molar refractivity (Wildman–Crippen MR) is 144 cm³/mol. The standard InChI is InChI=1S/C29H26FN3O4S/c1-37-24-14-11-19(17-31-24)22-9-5-6-10-23(22)26-27(30)38-29(32-26)33(21-12-13-21)28(36)20(16-25(34)35)15-18-7-3-2-4-8-18/h2-11,14,17,20-21H,12-13,15-16H2,1H3,(H,34,35)/t20-/m1/s1. The Bertz CT molecular complexity index is 1440. The fraction of sp³-hybridized carbons (Fsp3) is 0.241. The first kappa shape index (κ1) is 25.5. The Morgan fingerprint density at radius 3 is 2.42 bits per heavy atom. The first-order chi connectivity index (χ1) is 18.4. The Kier molecular flexibility index (Phi) is 7.46. The van der Waals surface area contributed by atoms with Gasteiger partial charge in [-0.15, -0.1) is 0 Å². The van der Waals surface area contributed by atoms with E-state index in [1.807, 2.05) is 48.5 Å². The molecule has 0 saturated heterocycles. The molecule has 0 radical (unpaired) electrons. The van der Waals surface area contributed by atoms with E-state index >= 15 is 4.39 Å². The largest absolute Gasteiger partial charge is 0.481 e. The zero-order valence-electron chi connectivity index (χ0n) is 20.7. The van der Waals surface area contributed by atoms with Gasteiger partial charge in [-0.25, -0.2) is 9.97 Å². The molecule has 0 spiro atoms. The van der Waals surface area contributed by atoms with E-state index in [9.17, 15) is 14.7 Å². The van der Waals surface area contributed by atoms with Gasteiger partial charge < -0.3 is 9.84 Å². The molecule has 0 bridgehead atoms. The van der Waals surface area contributed by atoms with Gasteiger partial charge in [0, 0.05) is 29.4 Å². The summed E-state index contributed by atoms with van der Waals surface area (Å²) in [6.07, 6.45) is 3.15. The Labute approximate surface area is 223 Å². The fourth-order valence-corrected chi connectivity index (χ4v) is 5.36. The minimum atomic E-state index is -1.05. The van der Waals surface area contributed by atoms with Gasteiger partial charge in [-0.3, -0.25) is 14.5 Å². The van der Waals surface area contributed by atoms with Gasteiger partial charge in [-0.1, -0.05) is 65.9 Å². The van der Waals surface area contributed by atoms with E-state index in [0.29, 0.717) is 11.4 Å². The van der Waals surface area contributed by atoms with E-state index in [-0.39, 0.29) is 35.6 Å². The normalized spacial score (nSPS) is 13.6. The lowest BCUT2D eigenvalue weighted by Crippen LogP contribution is -2.39. The Balaban J connectivity index is 1.49. The number of carboxylic acid groups (broad SMARTS) is 1. The van der Waals surface area contributed by atoms with Crippen molar-refractivity contribution in [1.82, 2.24) is 9.97 Å². The monoisotopic (exact) mass is 531 g/mol. The molecule has 1 saturated carbocycles. The second-order valence-corrected chi connectivity index (χ2v) is 10.1. The van der Waals surface area contributed by atoms with E-state index < -0.39 is 17.0 Å². The topological polar surface area (TPSA) is 92.6 Å². The van der Waals surface area contributed by atoms with E-state index in [1.165, 1.54) is 12.0 Å². The lowest BCUT2D eigenvalue weighted by atomic mass is 9.94. The van der Waals surface area contributed by atoms with Crippen molar-refractivity contribution in [2.45, 2.75) is 31.7 Å². The van der Waals surface area contributed by atoms with E-state index in [0.717, 1.165) is 40.9 Å². The van der Waals surface area contributed by atoms with Crippen molar-refractivity contribution in [3.05, 3.63) is 83.6 Å². The van der Waals surface area contributed by atoms with Crippen LogP contribution in [0.25, 0.3) is 22.4 Å². The number of thiazole rings is 1. The number of nitrogens with zero attached hydrogens (tertiary/aromatic N) is 3. The Morgan fingerprint density at radius 1 is 1.08 bits per heavy atom. The third kappa shape index (κ3) is 5.57. The highest BCUT2D eigenvalue weighted by Gasteiger charge is 2.40. The van der Waals surface area contributed by atoms with Crippen LogP contribution in [-0.4, -0.2) is 40.1 Å². The molecule has 4 aromatic rings. The smallest absolute Gasteiger partial charge is 0.304 e. The van der Waals surface area contributed by atoms with Gasteiger partial charge in [0.25, 0.3) is 0 Å². The predicted octanol–water partition coefficient (Wildman–Crippen LogP) is 5.85. The van der Waals surface area contributed by atoms with Crippen molar-refractivity contribution in [3.63, 3.8) is 0 Å². The number of methoxy groups -OCH3 is 1. The molecule has 1 amide bonds. The number of benzene rings is 2. The molecule has 2 aromatic heterocycles. The maximum Gasteiger partial charge on any atom is 0.304 e. The van der Waals surface area contributed by atoms with Crippen molar-refractivity contribution in [3.8, 4) is 28.3 Å². The van der Waals surface area contributed by atoms with Crippen LogP contribution in [0.1, 0.15) is 24.8 Å². The lowest BCUT2D eigenvalue weighted by molar-refractivity contribution is -0.140. The van der Waals surface area contributed by atoms with Crippen LogP contribution in [0.15, 0.2) is 72.9 Å². The van der Waals surface area contributed by atoms with Crippen LogP contribution in [0.2, 0.25) is 0 Å². The van der Waals surface area contributed by atoms with Gasteiger partial charge in [-0.2, -0.15) is 4.39 Å². The van der Waals surface area contributed by atoms with E-state index in [4.69, 9.17) is 4.74 Å². The number of rotatable bonds is 10. The molecule has 1 N–H and O–H groups in total. The minimum Gasteiger partial charge on any atom is -0.481 e. The molecule has 5 rings (SSSR count). The Morgan fingerprint density at radius 2 is 1.79 bits per heavy atom. The second-order valence-electron chi connectivity index (χ2n) is 9.18. The highest BCUT2D eigenvalue weighted by atomic mass is 32.1. The summed E-state index contributed by atoms with van der Waals surface area (Å²) >= 11 is 0.811. The summed E-state index contributed by atoms with van der Waals surface area (Å²) in [6, 6.07) is 20.1. The summed E-state index contributed by atoms with van der Waals surface area (Å²) in [4.78, 5) is 35.8. The van der Waals surface area contributed by atoms with Crippen molar-refractivity contribution < 1.29 is 23.8 Å². The average molecular weight is 532 g/mol. The highest BCUT2D eigenvalue weighted by molar-refractivity contribution is 7.14. The minimum absolute atomic E-state index is 0.117. The van der Waals surface area contributed by atoms with Crippen molar-refractivity contribution in [1.29, 1.82) is 0 Å². The molecule has 1 fully saturated rings. The van der Waals surface area contributed by atoms with Crippen molar-refractivity contribution in [2.75, 3.05) is 12.0 Å². The van der Waals surface area contributed by atoms with Crippen molar-refractivity contribution in [2.24, 2.45) is 5.92 Å². The van der Waals surface area contributed by atoms with Crippen molar-refractivity contribution >= 4 is 28.3 Å². The third-order valence-corrected chi connectivity index (χ3v) is 7.31. The summed E-state index contributed by atoms with van der Waals surface area (Å²) in [5.41, 5.74) is 3.11. The average Bonchev–Trinajstić information content (AvgIpc) is 3.69. The quantitative estimate of drug-likeness (QED) is 0.276. The fourth-order valence-electron chi connectivity index (χ4n) is 4.48. The molecule has 1 aliphatic carbocycles. The third-order valence-electron chi connectivity index (χ3n) is 6.46. The van der Waals surface area contributed by atoms with Crippen LogP contribution < -0.4 is 9.64 Å². The van der Waals surface area contributed by atoms with Gasteiger partial charge in [0.15, 0.2) is 5.13 Å². The number of amides is 1. The van der Waals surface area contributed by atoms with Crippen LogP contribution in [-0.2, 0) is 16.0 Å². The molecule has 1 aliphatic rings. The van der Waals surface area contributed by atoms with Gasteiger partial charge in [0.2, 0.25) is 16.9 Å². The molecule has 38 heavy (non-hydrogen) atoms. The van der Waals surface area contributed by atoms with Gasteiger partial charge >= 0.3 is 5.97 Å². The molecule has 1 atom stereocenters. The number of hydrogen-bond acceptors (Lipinski definition) is 6. The Hall–Kier alpha value is -4.11. The number of carbonyl (C=O) groups is 2. The molecule has 2 heterocycles. The molecular formula is C29H26FN3O4S. The molecule has 7 nitrogen and oxygen atoms in total. The van der Waals surface area contributed by atoms with Crippen LogP contribution >= 0.6 is 11.3 Å². The number of pyridine rings is 1. The summed E-state index contributed by atoms with van der Waals surface area (Å²) in [6.45, 7) is 0. The number of ether oxygens (including phenoxy) is 1. The molecule has 0 aliphatic heterocycles. The first-order valence-corrected chi connectivity index (χ1v) is 13.1. The number of halogens is 1. The molecule has 0 unspecified atom stereocenters. The highest BCUT2D eigenvalue weighted by Crippen LogP contribution is 2.41.